The molecule has 0 saturated carbocycles. The zero-order valence-electron chi connectivity index (χ0n) is 10.8. The molecule has 0 radical (unpaired) electrons. The van der Waals surface area contributed by atoms with E-state index in [0.29, 0.717) is 0 Å². The summed E-state index contributed by atoms with van der Waals surface area (Å²) in [4.78, 5) is 5.55. The third-order valence-electron chi connectivity index (χ3n) is 4.09. The van der Waals surface area contributed by atoms with Crippen LogP contribution in [0.15, 0.2) is 30.5 Å². The second-order valence-corrected chi connectivity index (χ2v) is 5.25. The Kier molecular flexibility index (Phi) is 2.88. The Bertz CT molecular complexity index is 548. The predicted molar refractivity (Wildman–Crippen MR) is 73.5 cm³/mol. The second kappa shape index (κ2) is 4.41. The molecule has 1 aliphatic rings. The molecule has 3 heteroatoms. The van der Waals surface area contributed by atoms with Gasteiger partial charge in [0.15, 0.2) is 0 Å². The maximum atomic E-state index is 11.0. The van der Waals surface area contributed by atoms with Crippen LogP contribution in [0.2, 0.25) is 0 Å². The van der Waals surface area contributed by atoms with Crippen LogP contribution in [0.25, 0.3) is 10.9 Å². The van der Waals surface area contributed by atoms with Crippen molar-refractivity contribution >= 4 is 10.9 Å². The molecule has 96 valence electrons. The van der Waals surface area contributed by atoms with Gasteiger partial charge in [-0.1, -0.05) is 19.1 Å². The maximum Gasteiger partial charge on any atom is 0.103 e. The lowest BCUT2D eigenvalue weighted by atomic mass is 9.84. The number of fused-ring (bicyclic) bond motifs is 1. The lowest BCUT2D eigenvalue weighted by molar-refractivity contribution is -0.0328. The summed E-state index contributed by atoms with van der Waals surface area (Å²) >= 11 is 0. The van der Waals surface area contributed by atoms with Crippen molar-refractivity contribution in [2.75, 3.05) is 19.6 Å². The number of aliphatic hydroxyl groups is 1. The zero-order chi connectivity index (χ0) is 12.6. The van der Waals surface area contributed by atoms with Gasteiger partial charge in [0.05, 0.1) is 0 Å². The molecular weight excluding hydrogens is 224 g/mol. The van der Waals surface area contributed by atoms with Crippen molar-refractivity contribution < 1.29 is 5.11 Å². The third-order valence-corrected chi connectivity index (χ3v) is 4.09. The molecule has 1 saturated heterocycles. The second-order valence-electron chi connectivity index (χ2n) is 5.25. The Labute approximate surface area is 107 Å². The van der Waals surface area contributed by atoms with Crippen molar-refractivity contribution in [1.29, 1.82) is 0 Å². The van der Waals surface area contributed by atoms with Gasteiger partial charge in [-0.25, -0.2) is 0 Å². The highest BCUT2D eigenvalue weighted by Crippen LogP contribution is 2.35. The number of benzene rings is 1. The maximum absolute atomic E-state index is 11.0. The Morgan fingerprint density at radius 3 is 3.11 bits per heavy atom. The fourth-order valence-electron chi connectivity index (χ4n) is 3.10. The normalized spacial score (nSPS) is 25.7. The molecule has 1 fully saturated rings. The molecule has 1 aliphatic heterocycles. The van der Waals surface area contributed by atoms with Crippen molar-refractivity contribution in [3.8, 4) is 0 Å². The molecule has 1 atom stereocenters. The third kappa shape index (κ3) is 1.84. The van der Waals surface area contributed by atoms with Gasteiger partial charge in [-0.3, -0.25) is 0 Å². The highest BCUT2D eigenvalue weighted by Gasteiger charge is 2.35. The van der Waals surface area contributed by atoms with E-state index in [1.807, 2.05) is 12.3 Å². The molecule has 0 aliphatic carbocycles. The summed E-state index contributed by atoms with van der Waals surface area (Å²) in [6, 6.07) is 8.21. The number of aromatic nitrogens is 1. The van der Waals surface area contributed by atoms with E-state index >= 15 is 0 Å². The molecule has 0 amide bonds. The quantitative estimate of drug-likeness (QED) is 0.852. The summed E-state index contributed by atoms with van der Waals surface area (Å²) in [5.74, 6) is 0. The monoisotopic (exact) mass is 244 g/mol. The van der Waals surface area contributed by atoms with E-state index in [9.17, 15) is 5.11 Å². The Hall–Kier alpha value is -1.32. The predicted octanol–water partition coefficient (Wildman–Crippen LogP) is 2.47. The molecule has 3 rings (SSSR count). The number of likely N-dealkylation sites (tertiary alicyclic amines) is 1. The van der Waals surface area contributed by atoms with Gasteiger partial charge in [0, 0.05) is 23.6 Å². The van der Waals surface area contributed by atoms with E-state index in [1.54, 1.807) is 0 Å². The fraction of sp³-hybridized carbons (Fsp3) is 0.467. The summed E-state index contributed by atoms with van der Waals surface area (Å²) in [5, 5.41) is 12.2. The van der Waals surface area contributed by atoms with Crippen LogP contribution in [0.4, 0.5) is 0 Å². The summed E-state index contributed by atoms with van der Waals surface area (Å²) in [6.45, 7) is 5.00. The van der Waals surface area contributed by atoms with Crippen LogP contribution < -0.4 is 0 Å². The molecule has 1 aromatic heterocycles. The number of hydrogen-bond acceptors (Lipinski definition) is 2. The van der Waals surface area contributed by atoms with E-state index in [1.165, 1.54) is 0 Å². The van der Waals surface area contributed by atoms with Crippen LogP contribution >= 0.6 is 0 Å². The smallest absolute Gasteiger partial charge is 0.103 e. The van der Waals surface area contributed by atoms with Crippen LogP contribution in [-0.4, -0.2) is 34.6 Å². The fourth-order valence-corrected chi connectivity index (χ4v) is 3.10. The van der Waals surface area contributed by atoms with Crippen molar-refractivity contribution in [3.63, 3.8) is 0 Å². The molecule has 3 nitrogen and oxygen atoms in total. The number of aromatic amines is 1. The summed E-state index contributed by atoms with van der Waals surface area (Å²) < 4.78 is 0. The zero-order valence-corrected chi connectivity index (χ0v) is 10.8. The number of likely N-dealkylation sites (N-methyl/N-ethyl adjacent to an activating group) is 1. The minimum absolute atomic E-state index is 0.698. The van der Waals surface area contributed by atoms with Gasteiger partial charge in [0.25, 0.3) is 0 Å². The van der Waals surface area contributed by atoms with E-state index in [4.69, 9.17) is 0 Å². The first-order chi connectivity index (χ1) is 8.73. The highest BCUT2D eigenvalue weighted by atomic mass is 16.3. The Morgan fingerprint density at radius 2 is 2.28 bits per heavy atom. The Morgan fingerprint density at radius 1 is 1.39 bits per heavy atom. The van der Waals surface area contributed by atoms with Gasteiger partial charge in [0.1, 0.15) is 5.60 Å². The Balaban J connectivity index is 2.04. The van der Waals surface area contributed by atoms with Crippen LogP contribution in [0.5, 0.6) is 0 Å². The lowest BCUT2D eigenvalue weighted by Gasteiger charge is -2.39. The first kappa shape index (κ1) is 11.8. The molecule has 2 N–H and O–H groups in total. The van der Waals surface area contributed by atoms with Gasteiger partial charge >= 0.3 is 0 Å². The van der Waals surface area contributed by atoms with Gasteiger partial charge in [-0.2, -0.15) is 0 Å². The van der Waals surface area contributed by atoms with Crippen molar-refractivity contribution in [2.45, 2.75) is 25.4 Å². The minimum atomic E-state index is -0.698. The number of β-amino-alcohol motifs (C(OH)–C–C–N with tert-alkyl or cyclic N) is 1. The molecule has 18 heavy (non-hydrogen) atoms. The molecule has 1 aromatic carbocycles. The molecule has 2 aromatic rings. The largest absolute Gasteiger partial charge is 0.384 e. The van der Waals surface area contributed by atoms with Crippen LogP contribution in [0.3, 0.4) is 0 Å². The van der Waals surface area contributed by atoms with Crippen LogP contribution in [-0.2, 0) is 5.60 Å². The van der Waals surface area contributed by atoms with Crippen molar-refractivity contribution in [1.82, 2.24) is 9.88 Å². The number of nitrogens with zero attached hydrogens (tertiary/aromatic N) is 1. The number of nitrogens with one attached hydrogen (secondary N) is 1. The van der Waals surface area contributed by atoms with Gasteiger partial charge in [-0.05, 0) is 43.6 Å². The van der Waals surface area contributed by atoms with Gasteiger partial charge < -0.3 is 15.0 Å². The number of piperidine rings is 1. The molecule has 2 heterocycles. The number of H-pyrrole nitrogens is 1. The first-order valence-corrected chi connectivity index (χ1v) is 6.74. The number of rotatable bonds is 2. The average molecular weight is 244 g/mol. The first-order valence-electron chi connectivity index (χ1n) is 6.74. The van der Waals surface area contributed by atoms with Gasteiger partial charge in [0.2, 0.25) is 0 Å². The summed E-state index contributed by atoms with van der Waals surface area (Å²) in [7, 11) is 0. The minimum Gasteiger partial charge on any atom is -0.384 e. The van der Waals surface area contributed by atoms with E-state index < -0.39 is 5.60 Å². The van der Waals surface area contributed by atoms with Crippen LogP contribution in [0, 0.1) is 0 Å². The topological polar surface area (TPSA) is 39.3 Å². The van der Waals surface area contributed by atoms with Crippen molar-refractivity contribution in [3.05, 3.63) is 36.0 Å². The highest BCUT2D eigenvalue weighted by molar-refractivity contribution is 5.83. The molecular formula is C15H20N2O. The molecule has 1 unspecified atom stereocenters. The van der Waals surface area contributed by atoms with Gasteiger partial charge in [-0.15, -0.1) is 0 Å². The molecule has 0 bridgehead atoms. The standard InChI is InChI=1S/C15H20N2O/c1-2-17-10-4-8-15(18,11-17)13-5-3-6-14-12(13)7-9-16-14/h3,5-7,9,16,18H,2,4,8,10-11H2,1H3. The van der Waals surface area contributed by atoms with E-state index in [-0.39, 0.29) is 0 Å². The summed E-state index contributed by atoms with van der Waals surface area (Å²) in [6.07, 6.45) is 3.86. The van der Waals surface area contributed by atoms with Crippen molar-refractivity contribution in [2.24, 2.45) is 0 Å². The average Bonchev–Trinajstić information content (AvgIpc) is 2.86. The molecule has 0 spiro atoms. The van der Waals surface area contributed by atoms with E-state index in [2.05, 4.69) is 35.0 Å². The van der Waals surface area contributed by atoms with Crippen LogP contribution in [0.1, 0.15) is 25.3 Å². The van der Waals surface area contributed by atoms with E-state index in [0.717, 1.165) is 48.9 Å². The lowest BCUT2D eigenvalue weighted by Crippen LogP contribution is -2.45. The number of hydrogen-bond donors (Lipinski definition) is 2. The SMILES string of the molecule is CCN1CCCC(O)(c2cccc3[nH]ccc23)C1. The summed E-state index contributed by atoms with van der Waals surface area (Å²) in [5.41, 5.74) is 1.48.